The van der Waals surface area contributed by atoms with Crippen LogP contribution in [0, 0.1) is 5.92 Å². The van der Waals surface area contributed by atoms with E-state index in [0.29, 0.717) is 55.4 Å². The standard InChI is InChI=1S/C64H100N18O13S/c1-38(2)34-46(57(89)74-42(54(69)86)28-33-96-4)73-53(85)37-80(3)62(94)48(36-40-18-9-6-10-19-40)79-58(90)47(35-39-16-7-5-8-17-39)78-56(88)43(24-26-51(67)83)75-55(87)44(25-27-52(68)84)76-59(91)50-23-15-32-82(50)63(95)45(21-11-12-29-65)77-60(92)49-22-14-31-81(49)61(93)41(66)20-13-30-72-64(70)71/h5-10,16-19,38,41-50H,11-15,20-37,65-66H2,1-4H3,(H2,67,83)(H2,68,84)(H2,69,86)(H,73,85)(H,74,89)(H,75,87)(H,76,91)(H,77,92)(H,78,88)(H,79,90)(H4,70,71,72). The van der Waals surface area contributed by atoms with E-state index in [-0.39, 0.29) is 83.0 Å². The van der Waals surface area contributed by atoms with E-state index in [4.69, 9.17) is 40.1 Å². The maximum Gasteiger partial charge on any atom is 0.245 e. The summed E-state index contributed by atoms with van der Waals surface area (Å²) in [7, 11) is 1.33. The van der Waals surface area contributed by atoms with Gasteiger partial charge in [-0.05, 0) is 119 Å². The molecule has 0 aliphatic carbocycles. The third-order valence-electron chi connectivity index (χ3n) is 16.3. The van der Waals surface area contributed by atoms with Crippen molar-refractivity contribution in [3.8, 4) is 0 Å². The summed E-state index contributed by atoms with van der Waals surface area (Å²) in [6.07, 6.45) is 3.15. The average Bonchev–Trinajstić information content (AvgIpc) is 1.60. The zero-order chi connectivity index (χ0) is 71.0. The number of amides is 13. The Morgan fingerprint density at radius 3 is 1.55 bits per heavy atom. The first kappa shape index (κ1) is 79.5. The van der Waals surface area contributed by atoms with Gasteiger partial charge in [0.25, 0.3) is 0 Å². The summed E-state index contributed by atoms with van der Waals surface area (Å²) in [5.41, 5.74) is 40.7. The molecule has 0 saturated carbocycles. The van der Waals surface area contributed by atoms with E-state index in [1.54, 1.807) is 60.7 Å². The number of benzene rings is 2. The van der Waals surface area contributed by atoms with Crippen molar-refractivity contribution in [2.75, 3.05) is 51.8 Å². The van der Waals surface area contributed by atoms with Crippen LogP contribution < -0.4 is 77.4 Å². The minimum Gasteiger partial charge on any atom is -0.370 e. The number of rotatable bonds is 42. The van der Waals surface area contributed by atoms with Crippen molar-refractivity contribution in [1.29, 1.82) is 0 Å². The molecule has 21 N–H and O–H groups in total. The predicted molar refractivity (Wildman–Crippen MR) is 360 cm³/mol. The lowest BCUT2D eigenvalue weighted by atomic mass is 10.0. The molecule has 2 aromatic carbocycles. The van der Waals surface area contributed by atoms with Gasteiger partial charge in [-0.3, -0.25) is 67.3 Å². The van der Waals surface area contributed by atoms with E-state index in [9.17, 15) is 62.3 Å². The molecule has 0 radical (unpaired) electrons. The number of hydrogen-bond acceptors (Lipinski definition) is 17. The Morgan fingerprint density at radius 1 is 0.562 bits per heavy atom. The lowest BCUT2D eigenvalue weighted by Gasteiger charge is -2.32. The van der Waals surface area contributed by atoms with Crippen LogP contribution in [-0.2, 0) is 75.2 Å². The summed E-state index contributed by atoms with van der Waals surface area (Å²) in [6, 6.07) is 4.61. The van der Waals surface area contributed by atoms with E-state index in [1.165, 1.54) is 28.6 Å². The molecule has 0 aromatic heterocycles. The number of likely N-dealkylation sites (tertiary alicyclic amines) is 2. The molecule has 31 nitrogen and oxygen atoms in total. The second-order valence-electron chi connectivity index (χ2n) is 24.6. The van der Waals surface area contributed by atoms with Crippen molar-refractivity contribution in [2.45, 2.75) is 183 Å². The topological polar surface area (TPSA) is 510 Å². The molecule has 10 atom stereocenters. The average molecular weight is 1360 g/mol. The van der Waals surface area contributed by atoms with Crippen LogP contribution >= 0.6 is 11.8 Å². The molecule has 0 spiro atoms. The second-order valence-corrected chi connectivity index (χ2v) is 25.6. The summed E-state index contributed by atoms with van der Waals surface area (Å²) < 4.78 is 0. The fourth-order valence-electron chi connectivity index (χ4n) is 11.3. The van der Waals surface area contributed by atoms with Crippen LogP contribution in [0.2, 0.25) is 0 Å². The number of nitrogens with one attached hydrogen (secondary N) is 7. The van der Waals surface area contributed by atoms with E-state index >= 15 is 0 Å². The molecule has 2 saturated heterocycles. The van der Waals surface area contributed by atoms with Crippen molar-refractivity contribution in [2.24, 2.45) is 51.0 Å². The number of thioether (sulfide) groups is 1. The summed E-state index contributed by atoms with van der Waals surface area (Å²) >= 11 is 1.46. The van der Waals surface area contributed by atoms with Crippen LogP contribution in [0.4, 0.5) is 0 Å². The molecule has 2 aliphatic heterocycles. The number of hydrogen-bond donors (Lipinski definition) is 14. The Balaban J connectivity index is 1.58. The van der Waals surface area contributed by atoms with Crippen molar-refractivity contribution in [3.05, 3.63) is 71.8 Å². The first-order chi connectivity index (χ1) is 45.6. The summed E-state index contributed by atoms with van der Waals surface area (Å²) in [4.78, 5) is 187. The normalized spacial score (nSPS) is 16.8. The Labute approximate surface area is 564 Å². The van der Waals surface area contributed by atoms with Crippen molar-refractivity contribution in [1.82, 2.24) is 51.9 Å². The van der Waals surface area contributed by atoms with Gasteiger partial charge < -0.3 is 92.1 Å². The first-order valence-electron chi connectivity index (χ1n) is 32.6. The van der Waals surface area contributed by atoms with Gasteiger partial charge in [0, 0.05) is 52.4 Å². The fourth-order valence-corrected chi connectivity index (χ4v) is 11.8. The summed E-state index contributed by atoms with van der Waals surface area (Å²) in [5.74, 6) is -9.65. The number of likely N-dealkylation sites (N-methyl/N-ethyl adjacent to an activating group) is 1. The van der Waals surface area contributed by atoms with Crippen molar-refractivity contribution < 1.29 is 62.3 Å². The molecular weight excluding hydrogens is 1260 g/mol. The summed E-state index contributed by atoms with van der Waals surface area (Å²) in [5, 5.41) is 18.7. The van der Waals surface area contributed by atoms with Crippen molar-refractivity contribution in [3.63, 3.8) is 0 Å². The summed E-state index contributed by atoms with van der Waals surface area (Å²) in [6.45, 7) is 3.95. The molecule has 32 heteroatoms. The van der Waals surface area contributed by atoms with Crippen LogP contribution in [0.15, 0.2) is 65.7 Å². The lowest BCUT2D eigenvalue weighted by molar-refractivity contribution is -0.144. The van der Waals surface area contributed by atoms with E-state index in [1.807, 2.05) is 20.1 Å². The Morgan fingerprint density at radius 2 is 1.04 bits per heavy atom. The third kappa shape index (κ3) is 27.1. The minimum absolute atomic E-state index is 0.0738. The molecule has 10 unspecified atom stereocenters. The van der Waals surface area contributed by atoms with Gasteiger partial charge in [0.05, 0.1) is 12.6 Å². The zero-order valence-electron chi connectivity index (χ0n) is 55.4. The van der Waals surface area contributed by atoms with Crippen LogP contribution in [0.5, 0.6) is 0 Å². The smallest absolute Gasteiger partial charge is 0.245 e. The van der Waals surface area contributed by atoms with E-state index in [2.05, 4.69) is 42.2 Å². The van der Waals surface area contributed by atoms with Gasteiger partial charge >= 0.3 is 0 Å². The molecule has 0 bridgehead atoms. The highest BCUT2D eigenvalue weighted by Crippen LogP contribution is 2.24. The van der Waals surface area contributed by atoms with Gasteiger partial charge in [0.2, 0.25) is 76.8 Å². The van der Waals surface area contributed by atoms with Crippen LogP contribution in [0.1, 0.15) is 121 Å². The maximum absolute atomic E-state index is 14.8. The van der Waals surface area contributed by atoms with Crippen LogP contribution in [0.25, 0.3) is 0 Å². The molecule has 2 aromatic rings. The number of carbonyl (C=O) groups excluding carboxylic acids is 13. The Hall–Kier alpha value is -8.91. The maximum atomic E-state index is 14.8. The van der Waals surface area contributed by atoms with E-state index < -0.39 is 169 Å². The van der Waals surface area contributed by atoms with Crippen LogP contribution in [-0.4, -0.2) is 210 Å². The minimum atomic E-state index is -1.64. The Bertz CT molecular complexity index is 3000. The number of nitrogens with two attached hydrogens (primary N) is 7. The lowest BCUT2D eigenvalue weighted by Crippen LogP contribution is -2.60. The highest BCUT2D eigenvalue weighted by atomic mass is 32.2. The number of guanidine groups is 1. The largest absolute Gasteiger partial charge is 0.370 e. The predicted octanol–water partition coefficient (Wildman–Crippen LogP) is -3.37. The number of primary amides is 3. The quantitative estimate of drug-likeness (QED) is 0.0175. The third-order valence-corrected chi connectivity index (χ3v) is 17.0. The van der Waals surface area contributed by atoms with E-state index in [0.717, 1.165) is 4.90 Å². The molecule has 530 valence electrons. The van der Waals surface area contributed by atoms with Gasteiger partial charge in [-0.25, -0.2) is 0 Å². The van der Waals surface area contributed by atoms with Gasteiger partial charge in [0.1, 0.15) is 54.4 Å². The molecule has 4 rings (SSSR count). The number of nitrogens with zero attached hydrogens (tertiary/aromatic N) is 4. The van der Waals surface area contributed by atoms with Crippen molar-refractivity contribution >= 4 is 94.5 Å². The van der Waals surface area contributed by atoms with Gasteiger partial charge in [-0.1, -0.05) is 74.5 Å². The number of aliphatic imine (C=N–C) groups is 1. The number of carbonyl (C=O) groups is 13. The molecule has 96 heavy (non-hydrogen) atoms. The SMILES string of the molecule is CSCCC(NC(=O)C(CC(C)C)NC(=O)CN(C)C(=O)C(Cc1ccccc1)NC(=O)C(Cc1ccccc1)NC(=O)C(CCC(N)=O)NC(=O)C(CCC(N)=O)NC(=O)C1CCCN1C(=O)C(CCCCN)NC(=O)C1CCCN1C(=O)C(N)CCCN=C(N)N)C(N)=O. The van der Waals surface area contributed by atoms with Gasteiger partial charge in [0.15, 0.2) is 5.96 Å². The molecule has 2 aliphatic rings. The molecule has 2 fully saturated rings. The first-order valence-corrected chi connectivity index (χ1v) is 33.9. The highest BCUT2D eigenvalue weighted by molar-refractivity contribution is 7.98. The zero-order valence-corrected chi connectivity index (χ0v) is 56.3. The second kappa shape index (κ2) is 41.1. The van der Waals surface area contributed by atoms with Gasteiger partial charge in [-0.2, -0.15) is 11.8 Å². The van der Waals surface area contributed by atoms with Gasteiger partial charge in [-0.15, -0.1) is 0 Å². The molecular formula is C64H100N18O13S. The highest BCUT2D eigenvalue weighted by Gasteiger charge is 2.42. The molecule has 2 heterocycles. The fraction of sp³-hybridized carbons (Fsp3) is 0.594. The monoisotopic (exact) mass is 1360 g/mol. The molecule has 13 amide bonds. The van der Waals surface area contributed by atoms with Crippen LogP contribution in [0.3, 0.4) is 0 Å². The number of unbranched alkanes of at least 4 members (excludes halogenated alkanes) is 1. The Kier molecular flexibility index (Phi) is 34.1.